The highest BCUT2D eigenvalue weighted by Gasteiger charge is 2.21. The van der Waals surface area contributed by atoms with E-state index in [0.717, 1.165) is 103 Å². The maximum absolute atomic E-state index is 5.07. The normalized spacial score (nSPS) is 12.2. The topological polar surface area (TPSA) is 41.1 Å². The Morgan fingerprint density at radius 2 is 0.649 bits per heavy atom. The summed E-state index contributed by atoms with van der Waals surface area (Å²) in [5.74, 6) is 0. The number of imidazole rings is 2. The quantitative estimate of drug-likeness (QED) is 0.122. The van der Waals surface area contributed by atoms with Crippen molar-refractivity contribution in [1.29, 1.82) is 0 Å². The molecule has 1 aliphatic carbocycles. The lowest BCUT2D eigenvalue weighted by atomic mass is 9.99. The summed E-state index contributed by atoms with van der Waals surface area (Å²) in [5.41, 5.74) is 21.7. The molecule has 0 N–H and O–H groups in total. The van der Waals surface area contributed by atoms with Gasteiger partial charge in [0.05, 0.1) is 22.8 Å². The predicted molar refractivity (Wildman–Crippen MR) is 306 cm³/mol. The molecule has 6 nitrogen and oxygen atoms in total. The zero-order valence-corrected chi connectivity index (χ0v) is 40.7. The van der Waals surface area contributed by atoms with Crippen molar-refractivity contribution >= 4 is 39.7 Å². The third-order valence-corrected chi connectivity index (χ3v) is 14.0. The van der Waals surface area contributed by atoms with Crippen molar-refractivity contribution in [3.63, 3.8) is 0 Å². The fourth-order valence-electron chi connectivity index (χ4n) is 10.4. The van der Waals surface area contributed by atoms with Crippen molar-refractivity contribution < 1.29 is 0 Å². The highest BCUT2D eigenvalue weighted by molar-refractivity contribution is 5.86. The number of nitrogens with zero attached hydrogens (tertiary/aromatic N) is 6. The SMILES string of the molecule is C1=CC(N(c2ccc(-c3ccc(-c4ccc(N(c5ccccc5)c5ccc(-c6c(-c7ccccc7)nc7ccccn67)cc5)cc4)cc3)cc2)c2ccc(-c3c(-c4ccccc4)nc4ccccn34)cc2)=CCC1. The molecule has 0 atom stereocenters. The lowest BCUT2D eigenvalue weighted by Crippen LogP contribution is -2.16. The largest absolute Gasteiger partial charge is 0.311 e. The smallest absolute Gasteiger partial charge is 0.137 e. The molecule has 0 saturated carbocycles. The van der Waals surface area contributed by atoms with Gasteiger partial charge in [-0.25, -0.2) is 9.97 Å². The molecule has 0 spiro atoms. The van der Waals surface area contributed by atoms with E-state index in [0.29, 0.717) is 0 Å². The molecule has 4 heterocycles. The molecule has 0 unspecified atom stereocenters. The second-order valence-electron chi connectivity index (χ2n) is 18.6. The number of aromatic nitrogens is 4. The third-order valence-electron chi connectivity index (χ3n) is 14.0. The first-order valence-electron chi connectivity index (χ1n) is 25.3. The number of rotatable bonds is 12. The molecule has 0 saturated heterocycles. The first kappa shape index (κ1) is 44.2. The van der Waals surface area contributed by atoms with Crippen LogP contribution >= 0.6 is 0 Å². The van der Waals surface area contributed by atoms with E-state index in [1.165, 1.54) is 22.4 Å². The summed E-state index contributed by atoms with van der Waals surface area (Å²) in [7, 11) is 0. The van der Waals surface area contributed by atoms with Gasteiger partial charge in [-0.3, -0.25) is 8.80 Å². The Balaban J connectivity index is 0.755. The maximum atomic E-state index is 5.07. The van der Waals surface area contributed by atoms with Crippen LogP contribution in [-0.2, 0) is 0 Å². The van der Waals surface area contributed by atoms with Crippen LogP contribution in [0.4, 0.5) is 28.4 Å². The van der Waals surface area contributed by atoms with Crippen LogP contribution in [0, 0.1) is 0 Å². The fraction of sp³-hybridized carbons (Fsp3) is 0.0294. The van der Waals surface area contributed by atoms with Gasteiger partial charge in [0, 0.05) is 68.8 Å². The molecule has 0 aliphatic heterocycles. The van der Waals surface area contributed by atoms with Crippen molar-refractivity contribution in [2.24, 2.45) is 0 Å². The third kappa shape index (κ3) is 8.44. The van der Waals surface area contributed by atoms with Crippen LogP contribution in [0.2, 0.25) is 0 Å². The molecule has 352 valence electrons. The van der Waals surface area contributed by atoms with Gasteiger partial charge in [0.1, 0.15) is 11.3 Å². The summed E-state index contributed by atoms with van der Waals surface area (Å²) in [6.45, 7) is 0. The minimum Gasteiger partial charge on any atom is -0.311 e. The van der Waals surface area contributed by atoms with Gasteiger partial charge in [-0.1, -0.05) is 176 Å². The zero-order valence-electron chi connectivity index (χ0n) is 40.7. The Bertz CT molecular complexity index is 3950. The van der Waals surface area contributed by atoms with Gasteiger partial charge < -0.3 is 9.80 Å². The van der Waals surface area contributed by atoms with Crippen molar-refractivity contribution in [2.75, 3.05) is 9.80 Å². The van der Waals surface area contributed by atoms with Gasteiger partial charge in [0.25, 0.3) is 0 Å². The summed E-state index contributed by atoms with van der Waals surface area (Å²) in [6, 6.07) is 88.4. The van der Waals surface area contributed by atoms with Crippen LogP contribution < -0.4 is 9.80 Å². The van der Waals surface area contributed by atoms with Crippen molar-refractivity contribution in [3.8, 4) is 67.3 Å². The second-order valence-corrected chi connectivity index (χ2v) is 18.6. The van der Waals surface area contributed by atoms with E-state index in [-0.39, 0.29) is 0 Å². The second kappa shape index (κ2) is 19.4. The lowest BCUT2D eigenvalue weighted by Gasteiger charge is -2.28. The number of allylic oxidation sites excluding steroid dienone is 3. The number of anilines is 5. The maximum Gasteiger partial charge on any atom is 0.137 e. The average Bonchev–Trinajstić information content (AvgIpc) is 4.08. The van der Waals surface area contributed by atoms with E-state index in [4.69, 9.17) is 9.97 Å². The minimum atomic E-state index is 0.922. The van der Waals surface area contributed by atoms with Gasteiger partial charge in [0.15, 0.2) is 0 Å². The van der Waals surface area contributed by atoms with Crippen LogP contribution in [0.1, 0.15) is 12.8 Å². The summed E-state index contributed by atoms with van der Waals surface area (Å²) >= 11 is 0. The Morgan fingerprint density at radius 3 is 1.05 bits per heavy atom. The van der Waals surface area contributed by atoms with Crippen molar-refractivity contribution in [1.82, 2.24) is 18.8 Å². The van der Waals surface area contributed by atoms with E-state index < -0.39 is 0 Å². The standard InChI is InChI=1S/C68H50N6/c1-5-17-53(18-6-1)65-67(71-47-15-13-25-63(71)69-65)55-35-43-61(44-36-55)73(57-21-9-3-10-22-57)59-39-31-51(32-40-59)49-27-29-50(30-28-49)52-33-41-60(42-34-52)74(58-23-11-4-12-24-58)62-45-37-56(38-46-62)68-66(54-19-7-2-8-20-54)70-64-26-14-16-48-72(64)68/h1-3,5-11,13-48H,4,12H2. The van der Waals surface area contributed by atoms with Crippen LogP contribution in [0.15, 0.2) is 285 Å². The molecular formula is C68H50N6. The van der Waals surface area contributed by atoms with Crippen molar-refractivity contribution in [3.05, 3.63) is 285 Å². The molecule has 6 heteroatoms. The number of fused-ring (bicyclic) bond motifs is 2. The number of para-hydroxylation sites is 1. The van der Waals surface area contributed by atoms with Crippen LogP contribution in [0.5, 0.6) is 0 Å². The van der Waals surface area contributed by atoms with Gasteiger partial charge in [-0.15, -0.1) is 0 Å². The monoisotopic (exact) mass is 950 g/mol. The highest BCUT2D eigenvalue weighted by Crippen LogP contribution is 2.41. The van der Waals surface area contributed by atoms with E-state index in [2.05, 4.69) is 274 Å². The Hall–Kier alpha value is -9.78. The van der Waals surface area contributed by atoms with Gasteiger partial charge in [-0.05, 0) is 126 Å². The molecule has 1 aliphatic rings. The molecule has 0 bridgehead atoms. The average molecular weight is 951 g/mol. The highest BCUT2D eigenvalue weighted by atomic mass is 15.2. The molecule has 0 amide bonds. The molecule has 8 aromatic carbocycles. The minimum absolute atomic E-state index is 0.922. The van der Waals surface area contributed by atoms with Gasteiger partial charge >= 0.3 is 0 Å². The number of pyridine rings is 2. The summed E-state index contributed by atoms with van der Waals surface area (Å²) in [6.07, 6.45) is 13.1. The van der Waals surface area contributed by atoms with Gasteiger partial charge in [0.2, 0.25) is 0 Å². The Labute approximate surface area is 431 Å². The summed E-state index contributed by atoms with van der Waals surface area (Å²) < 4.78 is 4.37. The predicted octanol–water partition coefficient (Wildman–Crippen LogP) is 17.8. The van der Waals surface area contributed by atoms with Crippen LogP contribution in [-0.4, -0.2) is 18.8 Å². The number of hydrogen-bond acceptors (Lipinski definition) is 4. The van der Waals surface area contributed by atoms with E-state index in [9.17, 15) is 0 Å². The number of benzene rings is 8. The van der Waals surface area contributed by atoms with E-state index in [1.807, 2.05) is 24.3 Å². The molecule has 0 radical (unpaired) electrons. The van der Waals surface area contributed by atoms with Gasteiger partial charge in [-0.2, -0.15) is 0 Å². The Morgan fingerprint density at radius 1 is 0.297 bits per heavy atom. The number of hydrogen-bond donors (Lipinski definition) is 0. The first-order valence-corrected chi connectivity index (χ1v) is 25.3. The Kier molecular flexibility index (Phi) is 11.6. The van der Waals surface area contributed by atoms with Crippen LogP contribution in [0.25, 0.3) is 78.6 Å². The van der Waals surface area contributed by atoms with Crippen molar-refractivity contribution in [2.45, 2.75) is 12.8 Å². The molecule has 4 aromatic heterocycles. The summed E-state index contributed by atoms with van der Waals surface area (Å²) in [4.78, 5) is 14.8. The molecule has 74 heavy (non-hydrogen) atoms. The van der Waals surface area contributed by atoms with Crippen LogP contribution in [0.3, 0.4) is 0 Å². The molecule has 0 fully saturated rings. The van der Waals surface area contributed by atoms with E-state index >= 15 is 0 Å². The molecular weight excluding hydrogens is 901 g/mol. The lowest BCUT2D eigenvalue weighted by molar-refractivity contribution is 0.997. The fourth-order valence-corrected chi connectivity index (χ4v) is 10.4. The molecule has 13 rings (SSSR count). The first-order chi connectivity index (χ1) is 36.7. The van der Waals surface area contributed by atoms with E-state index in [1.54, 1.807) is 0 Å². The summed E-state index contributed by atoms with van der Waals surface area (Å²) in [5, 5.41) is 0. The zero-order chi connectivity index (χ0) is 49.2. The molecule has 12 aromatic rings.